The molecule has 0 bridgehead atoms. The number of hydrogen-bond acceptors (Lipinski definition) is 5. The van der Waals surface area contributed by atoms with E-state index in [1.54, 1.807) is 37.3 Å². The number of rotatable bonds is 5. The molecule has 0 saturated carbocycles. The predicted octanol–water partition coefficient (Wildman–Crippen LogP) is 2.45. The molecule has 3 rings (SSSR count). The Balaban J connectivity index is 1.85. The molecule has 0 radical (unpaired) electrons. The lowest BCUT2D eigenvalue weighted by atomic mass is 10.1. The Kier molecular flexibility index (Phi) is 4.62. The van der Waals surface area contributed by atoms with Crippen LogP contribution in [-0.4, -0.2) is 36.0 Å². The SMILES string of the molecule is COc1cccc(N2C(=O)C[C@H](Nc3cc(C(=O)O)ccc3C)C2=O)c1. The summed E-state index contributed by atoms with van der Waals surface area (Å²) in [6.07, 6.45) is -0.00716. The molecule has 1 saturated heterocycles. The van der Waals surface area contributed by atoms with Crippen LogP contribution in [0.25, 0.3) is 0 Å². The number of aryl methyl sites for hydroxylation is 1. The number of nitrogens with one attached hydrogen (secondary N) is 1. The molecule has 2 aromatic rings. The van der Waals surface area contributed by atoms with Gasteiger partial charge in [0.1, 0.15) is 11.8 Å². The number of carboxylic acid groups (broad SMARTS) is 1. The summed E-state index contributed by atoms with van der Waals surface area (Å²) in [5.74, 6) is -1.22. The fourth-order valence-corrected chi connectivity index (χ4v) is 2.86. The fraction of sp³-hybridized carbons (Fsp3) is 0.211. The number of anilines is 2. The van der Waals surface area contributed by atoms with Crippen molar-refractivity contribution in [3.8, 4) is 5.75 Å². The van der Waals surface area contributed by atoms with Crippen molar-refractivity contribution in [3.05, 3.63) is 53.6 Å². The molecule has 7 nitrogen and oxygen atoms in total. The number of carboxylic acids is 1. The highest BCUT2D eigenvalue weighted by atomic mass is 16.5. The lowest BCUT2D eigenvalue weighted by molar-refractivity contribution is -0.121. The average Bonchev–Trinajstić information content (AvgIpc) is 2.90. The standard InChI is InChI=1S/C19H18N2O5/c1-11-6-7-12(19(24)25)8-15(11)20-16-10-17(22)21(18(16)23)13-4-3-5-14(9-13)26-2/h3-9,16,20H,10H2,1-2H3,(H,24,25)/t16-/m0/s1. The highest BCUT2D eigenvalue weighted by molar-refractivity contribution is 6.23. The number of ether oxygens (including phenoxy) is 1. The van der Waals surface area contributed by atoms with E-state index in [1.165, 1.54) is 19.2 Å². The second-order valence-corrected chi connectivity index (χ2v) is 6.00. The maximum Gasteiger partial charge on any atom is 0.335 e. The molecule has 2 aromatic carbocycles. The van der Waals surface area contributed by atoms with E-state index in [1.807, 2.05) is 0 Å². The molecule has 0 spiro atoms. The molecular weight excluding hydrogens is 336 g/mol. The summed E-state index contributed by atoms with van der Waals surface area (Å²) in [6, 6.07) is 10.6. The van der Waals surface area contributed by atoms with Gasteiger partial charge in [-0.25, -0.2) is 9.69 Å². The molecule has 134 valence electrons. The molecule has 0 aliphatic carbocycles. The van der Waals surface area contributed by atoms with E-state index in [4.69, 9.17) is 9.84 Å². The number of aromatic carboxylic acids is 1. The van der Waals surface area contributed by atoms with Crippen LogP contribution in [0.15, 0.2) is 42.5 Å². The fourth-order valence-electron chi connectivity index (χ4n) is 2.86. The second kappa shape index (κ2) is 6.87. The van der Waals surface area contributed by atoms with Crippen molar-refractivity contribution < 1.29 is 24.2 Å². The number of carbonyl (C=O) groups is 3. The van der Waals surface area contributed by atoms with E-state index in [0.717, 1.165) is 10.5 Å². The number of carbonyl (C=O) groups excluding carboxylic acids is 2. The van der Waals surface area contributed by atoms with Crippen molar-refractivity contribution in [2.45, 2.75) is 19.4 Å². The van der Waals surface area contributed by atoms with Crippen LogP contribution in [0.2, 0.25) is 0 Å². The Bertz CT molecular complexity index is 893. The van der Waals surface area contributed by atoms with E-state index in [-0.39, 0.29) is 23.8 Å². The molecular formula is C19H18N2O5. The minimum atomic E-state index is -1.06. The Morgan fingerprint density at radius 3 is 2.69 bits per heavy atom. The molecule has 1 aliphatic heterocycles. The lowest BCUT2D eigenvalue weighted by Gasteiger charge is -2.17. The largest absolute Gasteiger partial charge is 0.497 e. The number of nitrogens with zero attached hydrogens (tertiary/aromatic N) is 1. The first-order chi connectivity index (χ1) is 12.4. The van der Waals surface area contributed by atoms with E-state index in [2.05, 4.69) is 5.32 Å². The first kappa shape index (κ1) is 17.5. The zero-order valence-electron chi connectivity index (χ0n) is 14.4. The van der Waals surface area contributed by atoms with Crippen molar-refractivity contribution in [1.29, 1.82) is 0 Å². The quantitative estimate of drug-likeness (QED) is 0.801. The highest BCUT2D eigenvalue weighted by Gasteiger charge is 2.39. The van der Waals surface area contributed by atoms with Gasteiger partial charge < -0.3 is 15.2 Å². The van der Waals surface area contributed by atoms with Gasteiger partial charge in [0, 0.05) is 11.8 Å². The molecule has 2 N–H and O–H groups in total. The molecule has 1 aliphatic rings. The third-order valence-corrected chi connectivity index (χ3v) is 4.27. The van der Waals surface area contributed by atoms with Crippen LogP contribution in [0, 0.1) is 6.92 Å². The first-order valence-electron chi connectivity index (χ1n) is 8.02. The van der Waals surface area contributed by atoms with Crippen molar-refractivity contribution >= 4 is 29.2 Å². The van der Waals surface area contributed by atoms with Gasteiger partial charge in [0.05, 0.1) is 24.8 Å². The smallest absolute Gasteiger partial charge is 0.335 e. The van der Waals surface area contributed by atoms with Crippen LogP contribution in [0.1, 0.15) is 22.3 Å². The Labute approximate surface area is 150 Å². The normalized spacial score (nSPS) is 16.7. The Hall–Kier alpha value is -3.35. The molecule has 7 heteroatoms. The van der Waals surface area contributed by atoms with Crippen LogP contribution in [0.4, 0.5) is 11.4 Å². The monoisotopic (exact) mass is 354 g/mol. The van der Waals surface area contributed by atoms with Gasteiger partial charge in [-0.05, 0) is 36.8 Å². The number of hydrogen-bond donors (Lipinski definition) is 2. The first-order valence-corrected chi connectivity index (χ1v) is 8.02. The van der Waals surface area contributed by atoms with Gasteiger partial charge in [0.2, 0.25) is 5.91 Å². The summed E-state index contributed by atoms with van der Waals surface area (Å²) >= 11 is 0. The summed E-state index contributed by atoms with van der Waals surface area (Å²) in [5.41, 5.74) is 1.86. The van der Waals surface area contributed by atoms with Gasteiger partial charge in [-0.1, -0.05) is 12.1 Å². The predicted molar refractivity (Wildman–Crippen MR) is 95.7 cm³/mol. The maximum atomic E-state index is 12.7. The van der Waals surface area contributed by atoms with Crippen molar-refractivity contribution in [2.75, 3.05) is 17.3 Å². The maximum absolute atomic E-state index is 12.7. The Morgan fingerprint density at radius 2 is 2.00 bits per heavy atom. The van der Waals surface area contributed by atoms with Gasteiger partial charge in [-0.3, -0.25) is 9.59 Å². The van der Waals surface area contributed by atoms with Gasteiger partial charge in [-0.15, -0.1) is 0 Å². The van der Waals surface area contributed by atoms with Crippen LogP contribution < -0.4 is 15.0 Å². The molecule has 26 heavy (non-hydrogen) atoms. The van der Waals surface area contributed by atoms with E-state index in [9.17, 15) is 14.4 Å². The summed E-state index contributed by atoms with van der Waals surface area (Å²) in [6.45, 7) is 1.80. The van der Waals surface area contributed by atoms with Crippen molar-refractivity contribution in [2.24, 2.45) is 0 Å². The van der Waals surface area contributed by atoms with Crippen LogP contribution in [0.5, 0.6) is 5.75 Å². The molecule has 1 heterocycles. The topological polar surface area (TPSA) is 95.9 Å². The van der Waals surface area contributed by atoms with Gasteiger partial charge in [0.25, 0.3) is 5.91 Å². The molecule has 2 amide bonds. The summed E-state index contributed by atoms with van der Waals surface area (Å²) in [7, 11) is 1.51. The zero-order valence-corrected chi connectivity index (χ0v) is 14.4. The molecule has 1 atom stereocenters. The summed E-state index contributed by atoms with van der Waals surface area (Å²) in [5, 5.41) is 12.1. The third kappa shape index (κ3) is 3.23. The van der Waals surface area contributed by atoms with Crippen molar-refractivity contribution in [3.63, 3.8) is 0 Å². The minimum absolute atomic E-state index is 0.00716. The Morgan fingerprint density at radius 1 is 1.23 bits per heavy atom. The van der Waals surface area contributed by atoms with E-state index >= 15 is 0 Å². The van der Waals surface area contributed by atoms with E-state index < -0.39 is 12.0 Å². The van der Waals surface area contributed by atoms with Gasteiger partial charge in [-0.2, -0.15) is 0 Å². The molecule has 0 aromatic heterocycles. The van der Waals surface area contributed by atoms with Crippen molar-refractivity contribution in [1.82, 2.24) is 0 Å². The van der Waals surface area contributed by atoms with Gasteiger partial charge >= 0.3 is 5.97 Å². The number of benzene rings is 2. The number of methoxy groups -OCH3 is 1. The third-order valence-electron chi connectivity index (χ3n) is 4.27. The zero-order chi connectivity index (χ0) is 18.8. The number of amides is 2. The lowest BCUT2D eigenvalue weighted by Crippen LogP contribution is -2.35. The molecule has 0 unspecified atom stereocenters. The van der Waals surface area contributed by atoms with Crippen LogP contribution in [0.3, 0.4) is 0 Å². The van der Waals surface area contributed by atoms with E-state index in [0.29, 0.717) is 17.1 Å². The van der Waals surface area contributed by atoms with Crippen LogP contribution >= 0.6 is 0 Å². The molecule has 1 fully saturated rings. The minimum Gasteiger partial charge on any atom is -0.497 e. The highest BCUT2D eigenvalue weighted by Crippen LogP contribution is 2.28. The average molecular weight is 354 g/mol. The second-order valence-electron chi connectivity index (χ2n) is 6.00. The van der Waals surface area contributed by atoms with Crippen LogP contribution in [-0.2, 0) is 9.59 Å². The number of imide groups is 1. The summed E-state index contributed by atoms with van der Waals surface area (Å²) in [4.78, 5) is 37.4. The summed E-state index contributed by atoms with van der Waals surface area (Å²) < 4.78 is 5.14. The van der Waals surface area contributed by atoms with Gasteiger partial charge in [0.15, 0.2) is 0 Å².